The number of unbranched alkanes of at least 4 members (excludes halogenated alkanes) is 5. The smallest absolute Gasteiger partial charge is 0.134 e. The summed E-state index contributed by atoms with van der Waals surface area (Å²) < 4.78 is 0. The monoisotopic (exact) mass is 260 g/mol. The molecule has 104 valence electrons. The van der Waals surface area contributed by atoms with Crippen LogP contribution in [-0.4, -0.2) is 22.4 Å². The zero-order valence-corrected chi connectivity index (χ0v) is 11.7. The highest BCUT2D eigenvalue weighted by Crippen LogP contribution is 2.05. The zero-order chi connectivity index (χ0) is 14.3. The van der Waals surface area contributed by atoms with Gasteiger partial charge in [0.25, 0.3) is 0 Å². The predicted octanol–water partition coefficient (Wildman–Crippen LogP) is 2.82. The van der Waals surface area contributed by atoms with E-state index in [1.165, 1.54) is 31.8 Å². The summed E-state index contributed by atoms with van der Waals surface area (Å²) in [6.45, 7) is 5.59. The first-order chi connectivity index (χ1) is 9.20. The highest BCUT2D eigenvalue weighted by molar-refractivity contribution is 5.31. The average Bonchev–Trinajstić information content (AvgIpc) is 2.42. The van der Waals surface area contributed by atoms with Crippen LogP contribution in [0.1, 0.15) is 45.4 Å². The Hall–Kier alpha value is -1.48. The lowest BCUT2D eigenvalue weighted by molar-refractivity contribution is 0.280. The van der Waals surface area contributed by atoms with E-state index in [0.717, 1.165) is 12.8 Å². The molecule has 2 heteroatoms. The van der Waals surface area contributed by atoms with Gasteiger partial charge in [0.15, 0.2) is 0 Å². The van der Waals surface area contributed by atoms with E-state index < -0.39 is 12.2 Å². The minimum atomic E-state index is -0.856. The summed E-state index contributed by atoms with van der Waals surface area (Å²) in [5.74, 6) is 10.00. The van der Waals surface area contributed by atoms with Crippen molar-refractivity contribution in [2.75, 3.05) is 0 Å². The molecule has 0 rings (SSSR count). The summed E-state index contributed by atoms with van der Waals surface area (Å²) in [6, 6.07) is 0. The van der Waals surface area contributed by atoms with E-state index in [1.54, 1.807) is 6.08 Å². The zero-order valence-electron chi connectivity index (χ0n) is 11.7. The molecule has 0 fully saturated rings. The molecule has 0 aliphatic rings. The number of allylic oxidation sites excluding steroid dienone is 1. The third kappa shape index (κ3) is 12.8. The van der Waals surface area contributed by atoms with Crippen molar-refractivity contribution in [2.45, 2.75) is 57.7 Å². The highest BCUT2D eigenvalue weighted by atomic mass is 16.3. The van der Waals surface area contributed by atoms with Gasteiger partial charge < -0.3 is 10.2 Å². The quantitative estimate of drug-likeness (QED) is 0.400. The van der Waals surface area contributed by atoms with Crippen molar-refractivity contribution in [3.63, 3.8) is 0 Å². The van der Waals surface area contributed by atoms with Crippen molar-refractivity contribution in [1.29, 1.82) is 0 Å². The van der Waals surface area contributed by atoms with Crippen molar-refractivity contribution < 1.29 is 10.2 Å². The fourth-order valence-electron chi connectivity index (χ4n) is 1.42. The van der Waals surface area contributed by atoms with E-state index in [9.17, 15) is 5.11 Å². The van der Waals surface area contributed by atoms with E-state index in [4.69, 9.17) is 5.11 Å². The first-order valence-corrected chi connectivity index (χ1v) is 6.87. The Kier molecular flexibility index (Phi) is 12.0. The number of rotatable bonds is 8. The molecule has 0 saturated heterocycles. The van der Waals surface area contributed by atoms with Gasteiger partial charge >= 0.3 is 0 Å². The molecule has 0 spiro atoms. The average molecular weight is 260 g/mol. The van der Waals surface area contributed by atoms with Crippen LogP contribution in [0.15, 0.2) is 24.8 Å². The summed E-state index contributed by atoms with van der Waals surface area (Å²) in [5, 5.41) is 18.6. The second kappa shape index (κ2) is 13.0. The van der Waals surface area contributed by atoms with Gasteiger partial charge in [0.05, 0.1) is 0 Å². The molecule has 0 aromatic rings. The van der Waals surface area contributed by atoms with Crippen LogP contribution in [-0.2, 0) is 0 Å². The molecule has 0 aromatic heterocycles. The number of aliphatic hydroxyl groups excluding tert-OH is 2. The molecule has 0 aromatic carbocycles. The fourth-order valence-corrected chi connectivity index (χ4v) is 1.42. The van der Waals surface area contributed by atoms with Gasteiger partial charge in [0, 0.05) is 0 Å². The minimum absolute atomic E-state index is 0.786. The molecule has 2 atom stereocenters. The molecule has 0 bridgehead atoms. The molecule has 0 aliphatic carbocycles. The molecular formula is C17H24O2. The van der Waals surface area contributed by atoms with E-state index in [-0.39, 0.29) is 0 Å². The van der Waals surface area contributed by atoms with Crippen molar-refractivity contribution in [3.05, 3.63) is 24.8 Å². The number of hydrogen-bond acceptors (Lipinski definition) is 2. The van der Waals surface area contributed by atoms with Crippen LogP contribution in [0, 0.1) is 23.7 Å². The molecule has 0 aliphatic heterocycles. The predicted molar refractivity (Wildman–Crippen MR) is 80.3 cm³/mol. The van der Waals surface area contributed by atoms with Crippen molar-refractivity contribution in [3.8, 4) is 23.7 Å². The lowest BCUT2D eigenvalue weighted by Gasteiger charge is -1.97. The van der Waals surface area contributed by atoms with Crippen molar-refractivity contribution in [1.82, 2.24) is 0 Å². The first kappa shape index (κ1) is 17.5. The molecule has 0 radical (unpaired) electrons. The SMILES string of the molecule is C=C[C@H](O)C#CC#C[C@H](O)/C=C/CCCCCCC. The standard InChI is InChI=1S/C17H24O2/c1-3-5-6-7-8-9-10-14-17(19)15-12-11-13-16(18)4-2/h4,10,14,16-19H,2-3,5-9H2,1H3/b14-10+/t16-,17+/m0/s1. The lowest BCUT2D eigenvalue weighted by Crippen LogP contribution is -1.97. The van der Waals surface area contributed by atoms with Crippen LogP contribution >= 0.6 is 0 Å². The third-order valence-electron chi connectivity index (χ3n) is 2.52. The van der Waals surface area contributed by atoms with E-state index >= 15 is 0 Å². The van der Waals surface area contributed by atoms with Gasteiger partial charge in [0.1, 0.15) is 12.2 Å². The maximum Gasteiger partial charge on any atom is 0.134 e. The summed E-state index contributed by atoms with van der Waals surface area (Å²) in [5.41, 5.74) is 0. The molecule has 0 heterocycles. The van der Waals surface area contributed by atoms with E-state index in [1.807, 2.05) is 6.08 Å². The Balaban J connectivity index is 3.78. The maximum absolute atomic E-state index is 9.50. The van der Waals surface area contributed by atoms with Gasteiger partial charge in [-0.3, -0.25) is 0 Å². The van der Waals surface area contributed by atoms with Crippen molar-refractivity contribution in [2.24, 2.45) is 0 Å². The molecule has 2 nitrogen and oxygen atoms in total. The van der Waals surface area contributed by atoms with Gasteiger partial charge in [-0.05, 0) is 30.8 Å². The highest BCUT2D eigenvalue weighted by Gasteiger charge is 1.91. The lowest BCUT2D eigenvalue weighted by atomic mass is 10.1. The molecule has 0 unspecified atom stereocenters. The number of hydrogen-bond donors (Lipinski definition) is 2. The Labute approximate surface area is 117 Å². The summed E-state index contributed by atoms with van der Waals surface area (Å²) in [7, 11) is 0. The van der Waals surface area contributed by atoms with Crippen LogP contribution in [0.3, 0.4) is 0 Å². The van der Waals surface area contributed by atoms with Crippen LogP contribution in [0.5, 0.6) is 0 Å². The van der Waals surface area contributed by atoms with Gasteiger partial charge in [-0.15, -0.1) is 0 Å². The maximum atomic E-state index is 9.50. The molecular weight excluding hydrogens is 236 g/mol. The molecule has 19 heavy (non-hydrogen) atoms. The third-order valence-corrected chi connectivity index (χ3v) is 2.52. The summed E-state index contributed by atoms with van der Waals surface area (Å²) in [6.07, 6.45) is 10.5. The normalized spacial score (nSPS) is 13.0. The van der Waals surface area contributed by atoms with Gasteiger partial charge in [-0.2, -0.15) is 0 Å². The second-order valence-electron chi connectivity index (χ2n) is 4.30. The molecule has 0 amide bonds. The Bertz CT molecular complexity index is 374. The minimum Gasteiger partial charge on any atom is -0.377 e. The summed E-state index contributed by atoms with van der Waals surface area (Å²) in [4.78, 5) is 0. The second-order valence-corrected chi connectivity index (χ2v) is 4.30. The topological polar surface area (TPSA) is 40.5 Å². The Morgan fingerprint density at radius 2 is 1.63 bits per heavy atom. The molecule has 0 saturated carbocycles. The Morgan fingerprint density at radius 3 is 2.26 bits per heavy atom. The van der Waals surface area contributed by atoms with Gasteiger partial charge in [0.2, 0.25) is 0 Å². The summed E-state index contributed by atoms with van der Waals surface area (Å²) >= 11 is 0. The largest absolute Gasteiger partial charge is 0.377 e. The van der Waals surface area contributed by atoms with E-state index in [0.29, 0.717) is 0 Å². The number of aliphatic hydroxyl groups is 2. The van der Waals surface area contributed by atoms with Crippen LogP contribution < -0.4 is 0 Å². The van der Waals surface area contributed by atoms with Crippen molar-refractivity contribution >= 4 is 0 Å². The molecule has 2 N–H and O–H groups in total. The van der Waals surface area contributed by atoms with Gasteiger partial charge in [-0.25, -0.2) is 0 Å². The van der Waals surface area contributed by atoms with Crippen LogP contribution in [0.4, 0.5) is 0 Å². The van der Waals surface area contributed by atoms with Gasteiger partial charge in [-0.1, -0.05) is 63.2 Å². The Morgan fingerprint density at radius 1 is 1.00 bits per heavy atom. The van der Waals surface area contributed by atoms with E-state index in [2.05, 4.69) is 37.2 Å². The van der Waals surface area contributed by atoms with Crippen LogP contribution in [0.2, 0.25) is 0 Å². The van der Waals surface area contributed by atoms with Crippen LogP contribution in [0.25, 0.3) is 0 Å². The fraction of sp³-hybridized carbons (Fsp3) is 0.529. The first-order valence-electron chi connectivity index (χ1n) is 6.87.